The van der Waals surface area contributed by atoms with Gasteiger partial charge in [0, 0.05) is 5.38 Å². The molecule has 0 spiro atoms. The second-order valence-corrected chi connectivity index (χ2v) is 5.87. The molecule has 2 rings (SSSR count). The normalized spacial score (nSPS) is 10.4. The molecule has 2 aromatic rings. The monoisotopic (exact) mass is 343 g/mol. The molecule has 0 bridgehead atoms. The molecule has 1 aromatic heterocycles. The predicted molar refractivity (Wildman–Crippen MR) is 83.8 cm³/mol. The van der Waals surface area contributed by atoms with Gasteiger partial charge in [0.1, 0.15) is 0 Å². The summed E-state index contributed by atoms with van der Waals surface area (Å²) < 4.78 is 0. The zero-order valence-corrected chi connectivity index (χ0v) is 13.1. The molecule has 0 atom stereocenters. The smallest absolute Gasteiger partial charge is 0.230 e. The standard InChI is InChI=1S/C13H11Cl2N3O2S/c14-9-3-1-2-7(12(9)15)4-11(20)18-13-17-8(6-21-13)5-10(16)19/h1-3,6H,4-5H2,(H2,16,19)(H,17,18,20). The Kier molecular flexibility index (Phi) is 5.17. The predicted octanol–water partition coefficient (Wildman–Crippen LogP) is 2.66. The Morgan fingerprint density at radius 3 is 2.76 bits per heavy atom. The summed E-state index contributed by atoms with van der Waals surface area (Å²) in [5.41, 5.74) is 6.25. The van der Waals surface area contributed by atoms with Gasteiger partial charge in [-0.05, 0) is 11.6 Å². The number of thiazole rings is 1. The third-order valence-corrected chi connectivity index (χ3v) is 4.20. The average Bonchev–Trinajstić information content (AvgIpc) is 2.81. The molecule has 3 N–H and O–H groups in total. The van der Waals surface area contributed by atoms with Crippen LogP contribution in [0.15, 0.2) is 23.6 Å². The fourth-order valence-electron chi connectivity index (χ4n) is 1.65. The molecule has 21 heavy (non-hydrogen) atoms. The molecule has 0 aliphatic carbocycles. The van der Waals surface area contributed by atoms with Crippen LogP contribution < -0.4 is 11.1 Å². The number of nitrogens with two attached hydrogens (primary N) is 1. The summed E-state index contributed by atoms with van der Waals surface area (Å²) in [5, 5.41) is 5.50. The number of nitrogens with one attached hydrogen (secondary N) is 1. The highest BCUT2D eigenvalue weighted by Gasteiger charge is 2.12. The number of benzene rings is 1. The van der Waals surface area contributed by atoms with Crippen molar-refractivity contribution >= 4 is 51.5 Å². The van der Waals surface area contributed by atoms with Crippen molar-refractivity contribution in [2.75, 3.05) is 5.32 Å². The van der Waals surface area contributed by atoms with Gasteiger partial charge in [0.25, 0.3) is 0 Å². The SMILES string of the molecule is NC(=O)Cc1csc(NC(=O)Cc2cccc(Cl)c2Cl)n1. The number of halogens is 2. The van der Waals surface area contributed by atoms with E-state index in [9.17, 15) is 9.59 Å². The van der Waals surface area contributed by atoms with E-state index in [4.69, 9.17) is 28.9 Å². The molecule has 110 valence electrons. The van der Waals surface area contributed by atoms with Gasteiger partial charge in [-0.2, -0.15) is 0 Å². The summed E-state index contributed by atoms with van der Waals surface area (Å²) in [7, 11) is 0. The molecule has 1 aromatic carbocycles. The van der Waals surface area contributed by atoms with E-state index in [0.717, 1.165) is 0 Å². The van der Waals surface area contributed by atoms with E-state index in [1.807, 2.05) is 0 Å². The lowest BCUT2D eigenvalue weighted by Crippen LogP contribution is -2.15. The van der Waals surface area contributed by atoms with Gasteiger partial charge in [-0.3, -0.25) is 9.59 Å². The van der Waals surface area contributed by atoms with Gasteiger partial charge in [0.05, 0.1) is 28.6 Å². The van der Waals surface area contributed by atoms with Crippen LogP contribution in [0.5, 0.6) is 0 Å². The molecule has 8 heteroatoms. The highest BCUT2D eigenvalue weighted by atomic mass is 35.5. The van der Waals surface area contributed by atoms with Crippen molar-refractivity contribution < 1.29 is 9.59 Å². The molecule has 0 aliphatic rings. The van der Waals surface area contributed by atoms with E-state index >= 15 is 0 Å². The highest BCUT2D eigenvalue weighted by Crippen LogP contribution is 2.26. The second kappa shape index (κ2) is 6.89. The number of hydrogen-bond acceptors (Lipinski definition) is 4. The summed E-state index contributed by atoms with van der Waals surface area (Å²) in [4.78, 5) is 26.8. The first kappa shape index (κ1) is 15.8. The Balaban J connectivity index is 2.00. The van der Waals surface area contributed by atoms with Crippen molar-refractivity contribution in [3.05, 3.63) is 44.9 Å². The van der Waals surface area contributed by atoms with Gasteiger partial charge >= 0.3 is 0 Å². The number of amides is 2. The summed E-state index contributed by atoms with van der Waals surface area (Å²) in [6.07, 6.45) is 0.136. The quantitative estimate of drug-likeness (QED) is 0.874. The van der Waals surface area contributed by atoms with E-state index in [1.165, 1.54) is 11.3 Å². The van der Waals surface area contributed by atoms with E-state index in [2.05, 4.69) is 10.3 Å². The number of carbonyl (C=O) groups is 2. The van der Waals surface area contributed by atoms with Crippen molar-refractivity contribution in [3.8, 4) is 0 Å². The highest BCUT2D eigenvalue weighted by molar-refractivity contribution is 7.13. The molecule has 1 heterocycles. The van der Waals surface area contributed by atoms with Crippen molar-refractivity contribution in [2.45, 2.75) is 12.8 Å². The van der Waals surface area contributed by atoms with Crippen LogP contribution in [-0.4, -0.2) is 16.8 Å². The van der Waals surface area contributed by atoms with Crippen LogP contribution in [0, 0.1) is 0 Å². The molecule has 0 saturated heterocycles. The van der Waals surface area contributed by atoms with Crippen LogP contribution in [-0.2, 0) is 22.4 Å². The Morgan fingerprint density at radius 2 is 2.05 bits per heavy atom. The zero-order valence-electron chi connectivity index (χ0n) is 10.7. The Hall–Kier alpha value is -1.63. The third kappa shape index (κ3) is 4.42. The summed E-state index contributed by atoms with van der Waals surface area (Å²) in [5.74, 6) is -0.733. The molecule has 5 nitrogen and oxygen atoms in total. The minimum absolute atomic E-state index is 0.0481. The number of rotatable bonds is 5. The Morgan fingerprint density at radius 1 is 1.29 bits per heavy atom. The fourth-order valence-corrected chi connectivity index (χ4v) is 2.76. The molecular weight excluding hydrogens is 333 g/mol. The summed E-state index contributed by atoms with van der Waals surface area (Å²) >= 11 is 13.1. The lowest BCUT2D eigenvalue weighted by atomic mass is 10.1. The largest absolute Gasteiger partial charge is 0.369 e. The van der Waals surface area contributed by atoms with Gasteiger partial charge in [-0.1, -0.05) is 35.3 Å². The number of aromatic nitrogens is 1. The minimum Gasteiger partial charge on any atom is -0.369 e. The number of carbonyl (C=O) groups excluding carboxylic acids is 2. The van der Waals surface area contributed by atoms with Crippen LogP contribution in [0.25, 0.3) is 0 Å². The van der Waals surface area contributed by atoms with Gasteiger partial charge in [0.2, 0.25) is 11.8 Å². The molecule has 0 saturated carbocycles. The van der Waals surface area contributed by atoms with Crippen molar-refractivity contribution in [2.24, 2.45) is 5.73 Å². The van der Waals surface area contributed by atoms with E-state index in [1.54, 1.807) is 23.6 Å². The van der Waals surface area contributed by atoms with Crippen LogP contribution in [0.3, 0.4) is 0 Å². The number of hydrogen-bond donors (Lipinski definition) is 2. The molecule has 0 unspecified atom stereocenters. The fraction of sp³-hybridized carbons (Fsp3) is 0.154. The van der Waals surface area contributed by atoms with Crippen LogP contribution in [0.2, 0.25) is 10.0 Å². The first-order chi connectivity index (χ1) is 9.95. The summed E-state index contributed by atoms with van der Waals surface area (Å²) in [6, 6.07) is 5.11. The molecule has 0 aliphatic heterocycles. The maximum Gasteiger partial charge on any atom is 0.230 e. The van der Waals surface area contributed by atoms with E-state index < -0.39 is 5.91 Å². The maximum absolute atomic E-state index is 11.9. The minimum atomic E-state index is -0.469. The first-order valence-corrected chi connectivity index (χ1v) is 7.54. The van der Waals surface area contributed by atoms with Gasteiger partial charge in [-0.15, -0.1) is 11.3 Å². The third-order valence-electron chi connectivity index (χ3n) is 2.54. The number of nitrogens with zero attached hydrogens (tertiary/aromatic N) is 1. The van der Waals surface area contributed by atoms with Gasteiger partial charge in [0.15, 0.2) is 5.13 Å². The lowest BCUT2D eigenvalue weighted by Gasteiger charge is -2.05. The van der Waals surface area contributed by atoms with Crippen LogP contribution in [0.4, 0.5) is 5.13 Å². The van der Waals surface area contributed by atoms with Crippen molar-refractivity contribution in [1.82, 2.24) is 4.98 Å². The topological polar surface area (TPSA) is 85.1 Å². The van der Waals surface area contributed by atoms with E-state index in [-0.39, 0.29) is 18.7 Å². The Bertz CT molecular complexity index is 688. The second-order valence-electron chi connectivity index (χ2n) is 4.22. The van der Waals surface area contributed by atoms with Crippen molar-refractivity contribution in [3.63, 3.8) is 0 Å². The molecule has 0 fully saturated rings. The van der Waals surface area contributed by atoms with Gasteiger partial charge < -0.3 is 11.1 Å². The van der Waals surface area contributed by atoms with E-state index in [0.29, 0.717) is 26.4 Å². The van der Waals surface area contributed by atoms with Crippen molar-refractivity contribution in [1.29, 1.82) is 0 Å². The molecular formula is C13H11Cl2N3O2S. The number of anilines is 1. The Labute approximate surface area is 135 Å². The average molecular weight is 344 g/mol. The molecule has 2 amide bonds. The van der Waals surface area contributed by atoms with Crippen LogP contribution >= 0.6 is 34.5 Å². The first-order valence-electron chi connectivity index (χ1n) is 5.91. The maximum atomic E-state index is 11.9. The van der Waals surface area contributed by atoms with Gasteiger partial charge in [-0.25, -0.2) is 4.98 Å². The van der Waals surface area contributed by atoms with Crippen LogP contribution in [0.1, 0.15) is 11.3 Å². The molecule has 0 radical (unpaired) electrons. The zero-order chi connectivity index (χ0) is 15.4. The lowest BCUT2D eigenvalue weighted by molar-refractivity contribution is -0.117. The number of primary amides is 1. The summed E-state index contributed by atoms with van der Waals surface area (Å²) in [6.45, 7) is 0.